The van der Waals surface area contributed by atoms with E-state index < -0.39 is 10.9 Å². The summed E-state index contributed by atoms with van der Waals surface area (Å²) >= 11 is 1.39. The number of hydrogen-bond acceptors (Lipinski definition) is 6. The molecule has 130 valence electrons. The van der Waals surface area contributed by atoms with Crippen molar-refractivity contribution >= 4 is 29.2 Å². The molecule has 0 unspecified atom stereocenters. The van der Waals surface area contributed by atoms with Crippen LogP contribution in [0.15, 0.2) is 53.4 Å². The Kier molecular flexibility index (Phi) is 6.71. The summed E-state index contributed by atoms with van der Waals surface area (Å²) in [5, 5.41) is 10.6. The second-order valence-electron chi connectivity index (χ2n) is 5.30. The second kappa shape index (κ2) is 8.98. The fourth-order valence-electron chi connectivity index (χ4n) is 1.96. The highest BCUT2D eigenvalue weighted by Gasteiger charge is 2.10. The van der Waals surface area contributed by atoms with E-state index in [0.717, 1.165) is 10.5 Å². The third kappa shape index (κ3) is 6.04. The summed E-state index contributed by atoms with van der Waals surface area (Å²) in [6.07, 6.45) is 0.156. The van der Waals surface area contributed by atoms with Crippen LogP contribution in [0.25, 0.3) is 0 Å². The van der Waals surface area contributed by atoms with Gasteiger partial charge in [-0.2, -0.15) is 0 Å². The van der Waals surface area contributed by atoms with Crippen LogP contribution in [0.2, 0.25) is 0 Å². The van der Waals surface area contributed by atoms with Crippen LogP contribution in [0.1, 0.15) is 22.3 Å². The van der Waals surface area contributed by atoms with Gasteiger partial charge in [0.05, 0.1) is 11.3 Å². The summed E-state index contributed by atoms with van der Waals surface area (Å²) in [6.45, 7) is 1.65. The molecule has 0 aliphatic rings. The molecule has 0 spiro atoms. The summed E-state index contributed by atoms with van der Waals surface area (Å²) in [5.41, 5.74) is 1.59. The summed E-state index contributed by atoms with van der Waals surface area (Å²) < 4.78 is 4.99. The topological polar surface area (TPSA) is 86.5 Å². The number of benzene rings is 2. The van der Waals surface area contributed by atoms with Crippen molar-refractivity contribution in [2.75, 3.05) is 12.4 Å². The van der Waals surface area contributed by atoms with Crippen LogP contribution in [0.5, 0.6) is 0 Å². The van der Waals surface area contributed by atoms with E-state index in [9.17, 15) is 19.7 Å². The predicted molar refractivity (Wildman–Crippen MR) is 94.9 cm³/mol. The highest BCUT2D eigenvalue weighted by atomic mass is 32.2. The first kappa shape index (κ1) is 18.7. The lowest BCUT2D eigenvalue weighted by Gasteiger charge is -2.05. The molecule has 2 rings (SSSR count). The standard InChI is InChI=1S/C18H17NO5S/c1-13-2-4-14(5-3-13)17(20)12-24-18(21)10-11-25-16-8-6-15(7-9-16)19(22)23/h2-9H,10-12H2,1H3. The summed E-state index contributed by atoms with van der Waals surface area (Å²) in [6, 6.07) is 13.2. The van der Waals surface area contributed by atoms with E-state index in [0.29, 0.717) is 11.3 Å². The number of rotatable bonds is 8. The smallest absolute Gasteiger partial charge is 0.307 e. The molecule has 6 nitrogen and oxygen atoms in total. The minimum atomic E-state index is -0.461. The van der Waals surface area contributed by atoms with Crippen LogP contribution in [0.3, 0.4) is 0 Å². The number of thioether (sulfide) groups is 1. The molecule has 2 aromatic rings. The molecular weight excluding hydrogens is 342 g/mol. The van der Waals surface area contributed by atoms with Crippen molar-refractivity contribution in [3.63, 3.8) is 0 Å². The molecule has 25 heavy (non-hydrogen) atoms. The first-order valence-corrected chi connectivity index (χ1v) is 8.57. The number of hydrogen-bond donors (Lipinski definition) is 0. The van der Waals surface area contributed by atoms with Gasteiger partial charge in [0.2, 0.25) is 0 Å². The van der Waals surface area contributed by atoms with Crippen LogP contribution in [0.4, 0.5) is 5.69 Å². The van der Waals surface area contributed by atoms with E-state index >= 15 is 0 Å². The van der Waals surface area contributed by atoms with Crippen molar-refractivity contribution in [1.29, 1.82) is 0 Å². The number of carbonyl (C=O) groups is 2. The Bertz CT molecular complexity index is 756. The Labute approximate surface area is 149 Å². The number of ether oxygens (including phenoxy) is 1. The van der Waals surface area contributed by atoms with Gasteiger partial charge in [0.25, 0.3) is 5.69 Å². The number of aryl methyl sites for hydroxylation is 1. The quantitative estimate of drug-likeness (QED) is 0.234. The summed E-state index contributed by atoms with van der Waals surface area (Å²) in [5.74, 6) is -0.221. The Morgan fingerprint density at radius 2 is 1.72 bits per heavy atom. The molecule has 0 amide bonds. The zero-order valence-corrected chi connectivity index (χ0v) is 14.5. The van der Waals surface area contributed by atoms with Gasteiger partial charge in [-0.1, -0.05) is 29.8 Å². The number of ketones is 1. The lowest BCUT2D eigenvalue weighted by atomic mass is 10.1. The molecule has 0 aliphatic carbocycles. The molecule has 0 radical (unpaired) electrons. The number of carbonyl (C=O) groups excluding carboxylic acids is 2. The van der Waals surface area contributed by atoms with Gasteiger partial charge >= 0.3 is 5.97 Å². The number of Topliss-reactive ketones (excluding diaryl/α,β-unsaturated/α-hetero) is 1. The maximum Gasteiger partial charge on any atom is 0.307 e. The van der Waals surface area contributed by atoms with E-state index in [4.69, 9.17) is 4.74 Å². The van der Waals surface area contributed by atoms with Crippen LogP contribution >= 0.6 is 11.8 Å². The van der Waals surface area contributed by atoms with Gasteiger partial charge in [-0.3, -0.25) is 19.7 Å². The van der Waals surface area contributed by atoms with Gasteiger partial charge in [0.15, 0.2) is 12.4 Å². The zero-order valence-electron chi connectivity index (χ0n) is 13.6. The fourth-order valence-corrected chi connectivity index (χ4v) is 2.79. The van der Waals surface area contributed by atoms with Crippen molar-refractivity contribution in [3.8, 4) is 0 Å². The van der Waals surface area contributed by atoms with Gasteiger partial charge in [-0.05, 0) is 19.1 Å². The number of non-ortho nitro benzene ring substituents is 1. The van der Waals surface area contributed by atoms with Gasteiger partial charge in [0, 0.05) is 28.3 Å². The maximum atomic E-state index is 11.9. The molecule has 0 N–H and O–H groups in total. The molecule has 0 aliphatic heterocycles. The molecular formula is C18H17NO5S. The normalized spacial score (nSPS) is 10.3. The third-order valence-corrected chi connectivity index (χ3v) is 4.37. The van der Waals surface area contributed by atoms with Crippen molar-refractivity contribution in [1.82, 2.24) is 0 Å². The molecule has 2 aromatic carbocycles. The average Bonchev–Trinajstić information content (AvgIpc) is 2.60. The van der Waals surface area contributed by atoms with Crippen LogP contribution < -0.4 is 0 Å². The molecule has 0 aromatic heterocycles. The minimum Gasteiger partial charge on any atom is -0.457 e. The summed E-state index contributed by atoms with van der Waals surface area (Å²) in [7, 11) is 0. The van der Waals surface area contributed by atoms with E-state index in [1.807, 2.05) is 19.1 Å². The molecule has 7 heteroatoms. The van der Waals surface area contributed by atoms with Gasteiger partial charge < -0.3 is 4.74 Å². The molecule has 0 saturated heterocycles. The van der Waals surface area contributed by atoms with Crippen LogP contribution in [-0.2, 0) is 9.53 Å². The van der Waals surface area contributed by atoms with E-state index in [2.05, 4.69) is 0 Å². The Balaban J connectivity index is 1.70. The summed E-state index contributed by atoms with van der Waals surface area (Å²) in [4.78, 5) is 34.5. The van der Waals surface area contributed by atoms with E-state index in [1.54, 1.807) is 24.3 Å². The van der Waals surface area contributed by atoms with Crippen molar-refractivity contribution < 1.29 is 19.2 Å². The lowest BCUT2D eigenvalue weighted by molar-refractivity contribution is -0.384. The number of nitrogens with zero attached hydrogens (tertiary/aromatic N) is 1. The Hall–Kier alpha value is -2.67. The largest absolute Gasteiger partial charge is 0.457 e. The van der Waals surface area contributed by atoms with Crippen LogP contribution in [0, 0.1) is 17.0 Å². The lowest BCUT2D eigenvalue weighted by Crippen LogP contribution is -2.14. The van der Waals surface area contributed by atoms with E-state index in [1.165, 1.54) is 23.9 Å². The zero-order chi connectivity index (χ0) is 18.2. The van der Waals surface area contributed by atoms with E-state index in [-0.39, 0.29) is 24.5 Å². The highest BCUT2D eigenvalue weighted by Crippen LogP contribution is 2.22. The SMILES string of the molecule is Cc1ccc(C(=O)COC(=O)CCSc2ccc([N+](=O)[O-])cc2)cc1. The highest BCUT2D eigenvalue weighted by molar-refractivity contribution is 7.99. The van der Waals surface area contributed by atoms with Gasteiger partial charge in [0.1, 0.15) is 0 Å². The van der Waals surface area contributed by atoms with Gasteiger partial charge in [-0.15, -0.1) is 11.8 Å². The first-order valence-electron chi connectivity index (χ1n) is 7.58. The molecule has 0 saturated carbocycles. The predicted octanol–water partition coefficient (Wildman–Crippen LogP) is 3.81. The Morgan fingerprint density at radius 1 is 1.08 bits per heavy atom. The monoisotopic (exact) mass is 359 g/mol. The fraction of sp³-hybridized carbons (Fsp3) is 0.222. The first-order chi connectivity index (χ1) is 12.0. The Morgan fingerprint density at radius 3 is 2.32 bits per heavy atom. The molecule has 0 heterocycles. The number of esters is 1. The minimum absolute atomic E-state index is 0.0263. The van der Waals surface area contributed by atoms with Crippen LogP contribution in [-0.4, -0.2) is 29.0 Å². The number of nitro groups is 1. The maximum absolute atomic E-state index is 11.9. The van der Waals surface area contributed by atoms with Crippen molar-refractivity contribution in [2.24, 2.45) is 0 Å². The van der Waals surface area contributed by atoms with Gasteiger partial charge in [-0.25, -0.2) is 0 Å². The third-order valence-electron chi connectivity index (χ3n) is 3.36. The van der Waals surface area contributed by atoms with Crippen molar-refractivity contribution in [3.05, 3.63) is 69.8 Å². The molecule has 0 atom stereocenters. The van der Waals surface area contributed by atoms with Crippen molar-refractivity contribution in [2.45, 2.75) is 18.2 Å². The average molecular weight is 359 g/mol. The number of nitro benzene ring substituents is 1. The molecule has 0 fully saturated rings. The molecule has 0 bridgehead atoms. The second-order valence-corrected chi connectivity index (χ2v) is 6.47.